The van der Waals surface area contributed by atoms with Crippen molar-refractivity contribution in [3.05, 3.63) is 40.6 Å². The van der Waals surface area contributed by atoms with Gasteiger partial charge in [-0.2, -0.15) is 18.2 Å². The minimum Gasteiger partial charge on any atom is -0.496 e. The van der Waals surface area contributed by atoms with E-state index in [-0.39, 0.29) is 29.9 Å². The van der Waals surface area contributed by atoms with Crippen molar-refractivity contribution in [3.8, 4) is 5.75 Å². The molecule has 0 aliphatic rings. The highest BCUT2D eigenvalue weighted by Gasteiger charge is 2.35. The zero-order valence-corrected chi connectivity index (χ0v) is 13.6. The maximum atomic E-state index is 13.3. The third kappa shape index (κ3) is 3.69. The fourth-order valence-electron chi connectivity index (χ4n) is 2.50. The average Bonchev–Trinajstić information content (AvgIpc) is 2.48. The van der Waals surface area contributed by atoms with Gasteiger partial charge in [0.05, 0.1) is 12.7 Å². The number of benzene rings is 1. The number of methoxy groups -OCH3 is 1. The first-order valence-electron chi connectivity index (χ1n) is 7.28. The smallest absolute Gasteiger partial charge is 0.419 e. The van der Waals surface area contributed by atoms with Crippen LogP contribution in [0.1, 0.15) is 42.0 Å². The highest BCUT2D eigenvalue weighted by molar-refractivity contribution is 5.50. The molecule has 1 aromatic carbocycles. The summed E-state index contributed by atoms with van der Waals surface area (Å²) in [5.41, 5.74) is 12.2. The molecule has 0 amide bonds. The zero-order valence-electron chi connectivity index (χ0n) is 13.6. The second-order valence-corrected chi connectivity index (χ2v) is 5.72. The molecule has 8 heteroatoms. The van der Waals surface area contributed by atoms with Gasteiger partial charge in [0.15, 0.2) is 0 Å². The Kier molecular flexibility index (Phi) is 4.86. The molecule has 0 saturated heterocycles. The second kappa shape index (κ2) is 6.54. The van der Waals surface area contributed by atoms with Crippen LogP contribution in [-0.4, -0.2) is 17.1 Å². The largest absolute Gasteiger partial charge is 0.496 e. The lowest BCUT2D eigenvalue weighted by Gasteiger charge is -2.19. The third-order valence-electron chi connectivity index (χ3n) is 3.69. The van der Waals surface area contributed by atoms with Crippen LogP contribution in [0.4, 0.5) is 24.9 Å². The molecule has 5 nitrogen and oxygen atoms in total. The molecule has 2 aromatic rings. The molecule has 0 fully saturated rings. The first-order chi connectivity index (χ1) is 11.1. The molecule has 0 aliphatic carbocycles. The van der Waals surface area contributed by atoms with Crippen LogP contribution in [0.2, 0.25) is 0 Å². The molecule has 130 valence electrons. The molecule has 2 rings (SSSR count). The molecular formula is C16H19F3N4O. The lowest BCUT2D eigenvalue weighted by Crippen LogP contribution is -2.11. The van der Waals surface area contributed by atoms with Crippen LogP contribution in [0.3, 0.4) is 0 Å². The molecule has 1 aromatic heterocycles. The van der Waals surface area contributed by atoms with Gasteiger partial charge in [-0.3, -0.25) is 0 Å². The number of rotatable bonds is 4. The third-order valence-corrected chi connectivity index (χ3v) is 3.69. The Balaban J connectivity index is 2.58. The summed E-state index contributed by atoms with van der Waals surface area (Å²) in [5.74, 6) is -0.0174. The fourth-order valence-corrected chi connectivity index (χ4v) is 2.50. The zero-order chi connectivity index (χ0) is 18.1. The van der Waals surface area contributed by atoms with E-state index in [1.807, 2.05) is 13.8 Å². The number of nitrogen functional groups attached to an aromatic ring is 2. The van der Waals surface area contributed by atoms with E-state index in [2.05, 4.69) is 9.97 Å². The van der Waals surface area contributed by atoms with Crippen LogP contribution in [0.15, 0.2) is 18.3 Å². The number of halogens is 3. The van der Waals surface area contributed by atoms with E-state index in [1.165, 1.54) is 19.4 Å². The summed E-state index contributed by atoms with van der Waals surface area (Å²) in [6.07, 6.45) is -2.91. The number of alkyl halides is 3. The monoisotopic (exact) mass is 340 g/mol. The van der Waals surface area contributed by atoms with Crippen molar-refractivity contribution >= 4 is 11.8 Å². The SMILES string of the molecule is COc1cc(C(C)C)c(Cc2cnc(N)nc2N)cc1C(F)(F)F. The van der Waals surface area contributed by atoms with Gasteiger partial charge in [0.2, 0.25) is 5.95 Å². The predicted molar refractivity (Wildman–Crippen MR) is 85.7 cm³/mol. The number of aromatic nitrogens is 2. The Morgan fingerprint density at radius 2 is 1.83 bits per heavy atom. The fraction of sp³-hybridized carbons (Fsp3) is 0.375. The quantitative estimate of drug-likeness (QED) is 0.891. The van der Waals surface area contributed by atoms with E-state index in [1.54, 1.807) is 0 Å². The molecule has 0 aliphatic heterocycles. The number of hydrogen-bond donors (Lipinski definition) is 2. The van der Waals surface area contributed by atoms with E-state index >= 15 is 0 Å². The van der Waals surface area contributed by atoms with Crippen LogP contribution in [0, 0.1) is 0 Å². The Hall–Kier alpha value is -2.51. The number of nitrogens with two attached hydrogens (primary N) is 2. The molecular weight excluding hydrogens is 321 g/mol. The van der Waals surface area contributed by atoms with Crippen LogP contribution in [0.25, 0.3) is 0 Å². The summed E-state index contributed by atoms with van der Waals surface area (Å²) >= 11 is 0. The van der Waals surface area contributed by atoms with Gasteiger partial charge in [-0.05, 0) is 29.2 Å². The number of hydrogen-bond acceptors (Lipinski definition) is 5. The summed E-state index contributed by atoms with van der Waals surface area (Å²) in [6.45, 7) is 3.79. The second-order valence-electron chi connectivity index (χ2n) is 5.72. The van der Waals surface area contributed by atoms with Gasteiger partial charge in [0, 0.05) is 18.2 Å². The van der Waals surface area contributed by atoms with Gasteiger partial charge >= 0.3 is 6.18 Å². The van der Waals surface area contributed by atoms with Crippen molar-refractivity contribution in [1.82, 2.24) is 9.97 Å². The van der Waals surface area contributed by atoms with Crippen molar-refractivity contribution in [2.24, 2.45) is 0 Å². The van der Waals surface area contributed by atoms with Gasteiger partial charge in [0.25, 0.3) is 0 Å². The predicted octanol–water partition coefficient (Wildman–Crippen LogP) is 3.38. The van der Waals surface area contributed by atoms with E-state index in [0.29, 0.717) is 11.1 Å². The van der Waals surface area contributed by atoms with E-state index in [0.717, 1.165) is 11.6 Å². The van der Waals surface area contributed by atoms with Crippen molar-refractivity contribution in [1.29, 1.82) is 0 Å². The molecule has 0 saturated carbocycles. The van der Waals surface area contributed by atoms with Crippen molar-refractivity contribution < 1.29 is 17.9 Å². The minimum atomic E-state index is -4.52. The molecule has 0 spiro atoms. The first-order valence-corrected chi connectivity index (χ1v) is 7.28. The van der Waals surface area contributed by atoms with Crippen LogP contribution < -0.4 is 16.2 Å². The molecule has 24 heavy (non-hydrogen) atoms. The van der Waals surface area contributed by atoms with Crippen LogP contribution in [-0.2, 0) is 12.6 Å². The van der Waals surface area contributed by atoms with E-state index < -0.39 is 11.7 Å². The Morgan fingerprint density at radius 3 is 2.33 bits per heavy atom. The maximum Gasteiger partial charge on any atom is 0.419 e. The summed E-state index contributed by atoms with van der Waals surface area (Å²) in [4.78, 5) is 7.70. The number of anilines is 2. The van der Waals surface area contributed by atoms with Crippen LogP contribution >= 0.6 is 0 Å². The molecule has 0 bridgehead atoms. The van der Waals surface area contributed by atoms with Crippen molar-refractivity contribution in [2.75, 3.05) is 18.6 Å². The van der Waals surface area contributed by atoms with Gasteiger partial charge < -0.3 is 16.2 Å². The summed E-state index contributed by atoms with van der Waals surface area (Å²) in [6, 6.07) is 2.53. The maximum absolute atomic E-state index is 13.3. The lowest BCUT2D eigenvalue weighted by atomic mass is 9.91. The lowest BCUT2D eigenvalue weighted by molar-refractivity contribution is -0.138. The number of nitrogens with zero attached hydrogens (tertiary/aromatic N) is 2. The van der Waals surface area contributed by atoms with Crippen molar-refractivity contribution in [3.63, 3.8) is 0 Å². The summed E-state index contributed by atoms with van der Waals surface area (Å²) < 4.78 is 44.7. The van der Waals surface area contributed by atoms with Gasteiger partial charge in [0.1, 0.15) is 11.6 Å². The Bertz CT molecular complexity index is 745. The van der Waals surface area contributed by atoms with Gasteiger partial charge in [-0.15, -0.1) is 0 Å². The Labute approximate surface area is 137 Å². The minimum absolute atomic E-state index is 0.00658. The molecule has 4 N–H and O–H groups in total. The highest BCUT2D eigenvalue weighted by atomic mass is 19.4. The molecule has 0 radical (unpaired) electrons. The molecule has 0 unspecified atom stereocenters. The van der Waals surface area contributed by atoms with Gasteiger partial charge in [-0.25, -0.2) is 4.98 Å². The van der Waals surface area contributed by atoms with Crippen LogP contribution in [0.5, 0.6) is 5.75 Å². The number of ether oxygens (including phenoxy) is 1. The van der Waals surface area contributed by atoms with Gasteiger partial charge in [-0.1, -0.05) is 13.8 Å². The normalized spacial score (nSPS) is 11.8. The summed E-state index contributed by atoms with van der Waals surface area (Å²) in [5, 5.41) is 0. The summed E-state index contributed by atoms with van der Waals surface area (Å²) in [7, 11) is 1.22. The first kappa shape index (κ1) is 17.8. The average molecular weight is 340 g/mol. The molecule has 0 atom stereocenters. The van der Waals surface area contributed by atoms with E-state index in [4.69, 9.17) is 16.2 Å². The van der Waals surface area contributed by atoms with Crippen molar-refractivity contribution in [2.45, 2.75) is 32.4 Å². The Morgan fingerprint density at radius 1 is 1.17 bits per heavy atom. The molecule has 1 heterocycles. The highest BCUT2D eigenvalue weighted by Crippen LogP contribution is 2.40. The topological polar surface area (TPSA) is 87.0 Å². The standard InChI is InChI=1S/C16H19F3N4O/c1-8(2)11-6-13(24-3)12(16(17,18)19)5-9(11)4-10-7-22-15(21)23-14(10)20/h5-8H,4H2,1-3H3,(H4,20,21,22,23). The van der Waals surface area contributed by atoms with E-state index in [9.17, 15) is 13.2 Å².